The number of nitrogens with zero attached hydrogens (tertiary/aromatic N) is 2. The number of nitrogens with two attached hydrogens (primary N) is 1. The second kappa shape index (κ2) is 5.61. The first-order chi connectivity index (χ1) is 10.1. The maximum Gasteiger partial charge on any atom is 0.407 e. The largest absolute Gasteiger partial charge is 0.453 e. The van der Waals surface area contributed by atoms with Crippen molar-refractivity contribution in [1.29, 1.82) is 0 Å². The summed E-state index contributed by atoms with van der Waals surface area (Å²) in [6.45, 7) is 2.26. The molecule has 2 heterocycles. The van der Waals surface area contributed by atoms with Gasteiger partial charge in [-0.2, -0.15) is 0 Å². The molecule has 1 atom stereocenters. The zero-order valence-corrected chi connectivity index (χ0v) is 11.8. The Morgan fingerprint density at radius 2 is 2.48 bits per heavy atom. The summed E-state index contributed by atoms with van der Waals surface area (Å²) in [5.74, 6) is 0.661. The first-order valence-electron chi connectivity index (χ1n) is 6.86. The summed E-state index contributed by atoms with van der Waals surface area (Å²) in [4.78, 5) is 17.8. The van der Waals surface area contributed by atoms with Gasteiger partial charge in [0.2, 0.25) is 5.89 Å². The Balaban J connectivity index is 1.62. The van der Waals surface area contributed by atoms with E-state index >= 15 is 0 Å². The van der Waals surface area contributed by atoms with Gasteiger partial charge in [-0.3, -0.25) is 4.90 Å². The lowest BCUT2D eigenvalue weighted by Gasteiger charge is -2.14. The molecule has 112 valence electrons. The highest BCUT2D eigenvalue weighted by Crippen LogP contribution is 2.20. The predicted molar refractivity (Wildman–Crippen MR) is 77.6 cm³/mol. The Morgan fingerprint density at radius 3 is 3.29 bits per heavy atom. The minimum Gasteiger partial charge on any atom is -0.453 e. The molecule has 2 aromatic rings. The van der Waals surface area contributed by atoms with Gasteiger partial charge in [0.1, 0.15) is 5.52 Å². The number of carbonyl (C=O) groups is 1. The second-order valence-corrected chi connectivity index (χ2v) is 5.19. The Kier molecular flexibility index (Phi) is 3.66. The first-order valence-corrected chi connectivity index (χ1v) is 6.86. The van der Waals surface area contributed by atoms with Gasteiger partial charge >= 0.3 is 6.09 Å². The van der Waals surface area contributed by atoms with Crippen LogP contribution in [-0.2, 0) is 11.3 Å². The van der Waals surface area contributed by atoms with Crippen LogP contribution in [0, 0.1) is 0 Å². The van der Waals surface area contributed by atoms with Gasteiger partial charge in [0.05, 0.1) is 13.7 Å². The second-order valence-electron chi connectivity index (χ2n) is 5.19. The fourth-order valence-corrected chi connectivity index (χ4v) is 2.57. The molecule has 1 aromatic heterocycles. The molecule has 3 rings (SSSR count). The van der Waals surface area contributed by atoms with Crippen LogP contribution in [0.3, 0.4) is 0 Å². The third-order valence-electron chi connectivity index (χ3n) is 3.59. The van der Waals surface area contributed by atoms with E-state index in [0.717, 1.165) is 30.6 Å². The van der Waals surface area contributed by atoms with Crippen molar-refractivity contribution in [3.8, 4) is 0 Å². The van der Waals surface area contributed by atoms with Crippen molar-refractivity contribution in [1.82, 2.24) is 15.2 Å². The van der Waals surface area contributed by atoms with Gasteiger partial charge in [-0.25, -0.2) is 9.78 Å². The molecule has 1 saturated heterocycles. The zero-order chi connectivity index (χ0) is 14.8. The number of oxazole rings is 1. The molecule has 1 aromatic carbocycles. The smallest absolute Gasteiger partial charge is 0.407 e. The summed E-state index contributed by atoms with van der Waals surface area (Å²) in [5, 5.41) is 2.81. The summed E-state index contributed by atoms with van der Waals surface area (Å²) < 4.78 is 10.3. The molecule has 0 saturated carbocycles. The molecule has 1 fully saturated rings. The average molecular weight is 290 g/mol. The lowest BCUT2D eigenvalue weighted by molar-refractivity contribution is 0.166. The fourth-order valence-electron chi connectivity index (χ4n) is 2.57. The third kappa shape index (κ3) is 3.08. The number of benzene rings is 1. The molecule has 0 radical (unpaired) electrons. The van der Waals surface area contributed by atoms with Crippen molar-refractivity contribution in [3.63, 3.8) is 0 Å². The number of hydrogen-bond acceptors (Lipinski definition) is 6. The van der Waals surface area contributed by atoms with Crippen LogP contribution in [0.1, 0.15) is 12.3 Å². The standard InChI is InChI=1S/C14H18N4O3/c1-20-14(19)16-10-4-5-18(7-10)8-13-17-11-6-9(15)2-3-12(11)21-13/h2-3,6,10H,4-5,7-8,15H2,1H3,(H,16,19). The zero-order valence-electron chi connectivity index (χ0n) is 11.8. The SMILES string of the molecule is COC(=O)NC1CCN(Cc2nc3cc(N)ccc3o2)C1. The number of anilines is 1. The molecule has 7 nitrogen and oxygen atoms in total. The quantitative estimate of drug-likeness (QED) is 0.829. The van der Waals surface area contributed by atoms with Crippen LogP contribution in [-0.4, -0.2) is 42.2 Å². The van der Waals surface area contributed by atoms with Gasteiger partial charge in [0.15, 0.2) is 5.58 Å². The number of hydrogen-bond donors (Lipinski definition) is 2. The van der Waals surface area contributed by atoms with E-state index in [4.69, 9.17) is 10.2 Å². The molecule has 1 amide bonds. The van der Waals surface area contributed by atoms with Crippen molar-refractivity contribution in [2.75, 3.05) is 25.9 Å². The number of alkyl carbamates (subject to hydrolysis) is 1. The Morgan fingerprint density at radius 1 is 1.62 bits per heavy atom. The summed E-state index contributed by atoms with van der Waals surface area (Å²) in [5.41, 5.74) is 7.91. The Bertz CT molecular complexity index is 655. The number of rotatable bonds is 3. The maximum atomic E-state index is 11.2. The van der Waals surface area contributed by atoms with Crippen LogP contribution in [0.2, 0.25) is 0 Å². The molecular formula is C14H18N4O3. The van der Waals surface area contributed by atoms with E-state index in [1.165, 1.54) is 7.11 Å². The van der Waals surface area contributed by atoms with Crippen molar-refractivity contribution >= 4 is 22.9 Å². The number of ether oxygens (including phenoxy) is 1. The minimum atomic E-state index is -0.390. The third-order valence-corrected chi connectivity index (χ3v) is 3.59. The first kappa shape index (κ1) is 13.7. The van der Waals surface area contributed by atoms with Gasteiger partial charge in [0.25, 0.3) is 0 Å². The molecule has 21 heavy (non-hydrogen) atoms. The van der Waals surface area contributed by atoms with Gasteiger partial charge < -0.3 is 20.2 Å². The van der Waals surface area contributed by atoms with Crippen LogP contribution in [0.15, 0.2) is 22.6 Å². The number of methoxy groups -OCH3 is 1. The van der Waals surface area contributed by atoms with Gasteiger partial charge in [-0.05, 0) is 24.6 Å². The highest BCUT2D eigenvalue weighted by molar-refractivity contribution is 5.76. The van der Waals surface area contributed by atoms with Crippen LogP contribution < -0.4 is 11.1 Å². The molecule has 7 heteroatoms. The van der Waals surface area contributed by atoms with Crippen molar-refractivity contribution in [2.45, 2.75) is 19.0 Å². The topological polar surface area (TPSA) is 93.6 Å². The number of likely N-dealkylation sites (tertiary alicyclic amines) is 1. The lowest BCUT2D eigenvalue weighted by Crippen LogP contribution is -2.36. The van der Waals surface area contributed by atoms with E-state index in [1.807, 2.05) is 6.07 Å². The highest BCUT2D eigenvalue weighted by atomic mass is 16.5. The van der Waals surface area contributed by atoms with E-state index in [0.29, 0.717) is 18.1 Å². The molecule has 0 bridgehead atoms. The van der Waals surface area contributed by atoms with Crippen LogP contribution in [0.5, 0.6) is 0 Å². The predicted octanol–water partition coefficient (Wildman–Crippen LogP) is 1.34. The van der Waals surface area contributed by atoms with Crippen molar-refractivity contribution in [3.05, 3.63) is 24.1 Å². The monoisotopic (exact) mass is 290 g/mol. The molecule has 3 N–H and O–H groups in total. The summed E-state index contributed by atoms with van der Waals surface area (Å²) in [7, 11) is 1.37. The van der Waals surface area contributed by atoms with E-state index < -0.39 is 0 Å². The lowest BCUT2D eigenvalue weighted by atomic mass is 10.3. The number of carbonyl (C=O) groups excluding carboxylic acids is 1. The van der Waals surface area contributed by atoms with Gasteiger partial charge in [-0.15, -0.1) is 0 Å². The number of fused-ring (bicyclic) bond motifs is 1. The molecule has 1 unspecified atom stereocenters. The fraction of sp³-hybridized carbons (Fsp3) is 0.429. The van der Waals surface area contributed by atoms with Crippen molar-refractivity contribution in [2.24, 2.45) is 0 Å². The summed E-state index contributed by atoms with van der Waals surface area (Å²) in [6, 6.07) is 5.53. The number of aromatic nitrogens is 1. The maximum absolute atomic E-state index is 11.2. The van der Waals surface area contributed by atoms with Crippen LogP contribution in [0.4, 0.5) is 10.5 Å². The van der Waals surface area contributed by atoms with Crippen molar-refractivity contribution < 1.29 is 13.9 Å². The Labute approximate surface area is 122 Å². The van der Waals surface area contributed by atoms with E-state index in [9.17, 15) is 4.79 Å². The normalized spacial score (nSPS) is 19.0. The number of nitrogen functional groups attached to an aromatic ring is 1. The van der Waals surface area contributed by atoms with Gasteiger partial charge in [-0.1, -0.05) is 0 Å². The highest BCUT2D eigenvalue weighted by Gasteiger charge is 2.25. The summed E-state index contributed by atoms with van der Waals surface area (Å²) in [6.07, 6.45) is 0.502. The number of amides is 1. The molecule has 1 aliphatic rings. The average Bonchev–Trinajstić information content (AvgIpc) is 3.05. The minimum absolute atomic E-state index is 0.109. The molecule has 0 spiro atoms. The summed E-state index contributed by atoms with van der Waals surface area (Å²) >= 11 is 0. The van der Waals surface area contributed by atoms with Gasteiger partial charge in [0, 0.05) is 24.8 Å². The van der Waals surface area contributed by atoms with Crippen LogP contribution >= 0.6 is 0 Å². The van der Waals surface area contributed by atoms with E-state index in [1.54, 1.807) is 12.1 Å². The van der Waals surface area contributed by atoms with E-state index in [2.05, 4.69) is 19.9 Å². The Hall–Kier alpha value is -2.28. The van der Waals surface area contributed by atoms with Crippen LogP contribution in [0.25, 0.3) is 11.1 Å². The number of nitrogens with one attached hydrogen (secondary N) is 1. The van der Waals surface area contributed by atoms with E-state index in [-0.39, 0.29) is 12.1 Å². The molecular weight excluding hydrogens is 272 g/mol. The molecule has 1 aliphatic heterocycles. The molecule has 0 aliphatic carbocycles.